The Kier molecular flexibility index (Phi) is 3.24. The number of halogens is 1. The van der Waals surface area contributed by atoms with Gasteiger partial charge in [0, 0.05) is 16.7 Å². The summed E-state index contributed by atoms with van der Waals surface area (Å²) in [6.45, 7) is 1.67. The van der Waals surface area contributed by atoms with E-state index in [1.165, 1.54) is 16.8 Å². The molecule has 18 heavy (non-hydrogen) atoms. The predicted molar refractivity (Wildman–Crippen MR) is 77.1 cm³/mol. The number of nitrogens with one attached hydrogen (secondary N) is 1. The Morgan fingerprint density at radius 1 is 1.11 bits per heavy atom. The molecule has 2 nitrogen and oxygen atoms in total. The summed E-state index contributed by atoms with van der Waals surface area (Å²) in [6.07, 6.45) is 1.11. The van der Waals surface area contributed by atoms with Gasteiger partial charge in [-0.1, -0.05) is 28.1 Å². The van der Waals surface area contributed by atoms with E-state index < -0.39 is 0 Å². The molecule has 0 amide bonds. The van der Waals surface area contributed by atoms with Crippen LogP contribution in [0.4, 0.5) is 5.69 Å². The van der Waals surface area contributed by atoms with Gasteiger partial charge in [0.2, 0.25) is 0 Å². The van der Waals surface area contributed by atoms with Gasteiger partial charge in [-0.2, -0.15) is 0 Å². The molecule has 0 bridgehead atoms. The molecule has 0 saturated heterocycles. The van der Waals surface area contributed by atoms with Gasteiger partial charge in [-0.05, 0) is 47.9 Å². The second-order valence-corrected chi connectivity index (χ2v) is 5.33. The van der Waals surface area contributed by atoms with Crippen LogP contribution in [0, 0.1) is 0 Å². The maximum atomic E-state index is 5.77. The normalized spacial score (nSPS) is 12.9. The third kappa shape index (κ3) is 2.51. The van der Waals surface area contributed by atoms with Crippen LogP contribution in [0.15, 0.2) is 46.9 Å². The summed E-state index contributed by atoms with van der Waals surface area (Å²) in [5, 5.41) is 3.36. The van der Waals surface area contributed by atoms with Crippen LogP contribution in [0.3, 0.4) is 0 Å². The van der Waals surface area contributed by atoms with Crippen LogP contribution in [0.5, 0.6) is 5.75 Å². The van der Waals surface area contributed by atoms with Crippen molar-refractivity contribution < 1.29 is 4.74 Å². The molecule has 0 radical (unpaired) electrons. The first-order chi connectivity index (χ1) is 8.81. The fourth-order valence-corrected chi connectivity index (χ4v) is 2.41. The van der Waals surface area contributed by atoms with Gasteiger partial charge in [0.1, 0.15) is 12.4 Å². The average Bonchev–Trinajstić information content (AvgIpc) is 2.85. The topological polar surface area (TPSA) is 21.3 Å². The lowest BCUT2D eigenvalue weighted by atomic mass is 10.1. The third-order valence-electron chi connectivity index (χ3n) is 3.10. The van der Waals surface area contributed by atoms with Gasteiger partial charge in [-0.15, -0.1) is 0 Å². The second kappa shape index (κ2) is 5.02. The van der Waals surface area contributed by atoms with Crippen molar-refractivity contribution in [3.05, 3.63) is 58.1 Å². The van der Waals surface area contributed by atoms with Crippen LogP contribution in [-0.2, 0) is 13.0 Å². The first-order valence-electron chi connectivity index (χ1n) is 6.05. The maximum absolute atomic E-state index is 5.77. The minimum Gasteiger partial charge on any atom is -0.489 e. The summed E-state index contributed by atoms with van der Waals surface area (Å²) in [7, 11) is 0. The Balaban J connectivity index is 1.68. The van der Waals surface area contributed by atoms with E-state index in [0.29, 0.717) is 6.61 Å². The zero-order chi connectivity index (χ0) is 12.4. The smallest absolute Gasteiger partial charge is 0.119 e. The van der Waals surface area contributed by atoms with E-state index in [-0.39, 0.29) is 0 Å². The molecular weight excluding hydrogens is 290 g/mol. The van der Waals surface area contributed by atoms with E-state index in [9.17, 15) is 0 Å². The second-order valence-electron chi connectivity index (χ2n) is 4.41. The summed E-state index contributed by atoms with van der Waals surface area (Å²) >= 11 is 3.41. The Hall–Kier alpha value is -1.48. The van der Waals surface area contributed by atoms with E-state index in [1.807, 2.05) is 24.3 Å². The number of rotatable bonds is 3. The van der Waals surface area contributed by atoms with Crippen LogP contribution in [0.1, 0.15) is 11.1 Å². The fourth-order valence-electron chi connectivity index (χ4n) is 2.15. The van der Waals surface area contributed by atoms with Gasteiger partial charge in [0.05, 0.1) is 0 Å². The minimum atomic E-state index is 0.620. The van der Waals surface area contributed by atoms with Crippen molar-refractivity contribution in [2.75, 3.05) is 11.9 Å². The third-order valence-corrected chi connectivity index (χ3v) is 3.63. The Bertz CT molecular complexity index is 551. The molecule has 1 aliphatic heterocycles. The first kappa shape index (κ1) is 11.6. The molecule has 1 aliphatic rings. The molecule has 0 saturated carbocycles. The molecule has 1 N–H and O–H groups in total. The van der Waals surface area contributed by atoms with E-state index in [0.717, 1.165) is 23.2 Å². The highest BCUT2D eigenvalue weighted by molar-refractivity contribution is 9.10. The number of ether oxygens (including phenoxy) is 1. The summed E-state index contributed by atoms with van der Waals surface area (Å²) in [5.74, 6) is 0.900. The highest BCUT2D eigenvalue weighted by atomic mass is 79.9. The first-order valence-corrected chi connectivity index (χ1v) is 6.84. The molecule has 2 aromatic rings. The van der Waals surface area contributed by atoms with Crippen LogP contribution in [0.25, 0.3) is 0 Å². The number of hydrogen-bond acceptors (Lipinski definition) is 2. The van der Waals surface area contributed by atoms with Gasteiger partial charge in [0.15, 0.2) is 0 Å². The molecule has 2 aromatic carbocycles. The van der Waals surface area contributed by atoms with Crippen molar-refractivity contribution in [2.24, 2.45) is 0 Å². The van der Waals surface area contributed by atoms with E-state index in [2.05, 4.69) is 39.4 Å². The van der Waals surface area contributed by atoms with Gasteiger partial charge >= 0.3 is 0 Å². The van der Waals surface area contributed by atoms with Crippen LogP contribution < -0.4 is 10.1 Å². The molecule has 0 spiro atoms. The monoisotopic (exact) mass is 303 g/mol. The maximum Gasteiger partial charge on any atom is 0.119 e. The summed E-state index contributed by atoms with van der Waals surface area (Å²) in [6, 6.07) is 14.4. The van der Waals surface area contributed by atoms with Crippen molar-refractivity contribution in [2.45, 2.75) is 13.0 Å². The standard InChI is InChI=1S/C15H14BrNO/c16-13-2-4-14(5-3-13)18-10-11-1-6-15-12(9-11)7-8-17-15/h1-6,9,17H,7-8,10H2. The van der Waals surface area contributed by atoms with Crippen molar-refractivity contribution in [1.29, 1.82) is 0 Å². The number of anilines is 1. The van der Waals surface area contributed by atoms with Crippen LogP contribution >= 0.6 is 15.9 Å². The molecule has 1 heterocycles. The summed E-state index contributed by atoms with van der Waals surface area (Å²) in [4.78, 5) is 0. The highest BCUT2D eigenvalue weighted by Crippen LogP contribution is 2.24. The molecular formula is C15H14BrNO. The zero-order valence-electron chi connectivity index (χ0n) is 9.95. The van der Waals surface area contributed by atoms with Crippen LogP contribution in [0.2, 0.25) is 0 Å². The lowest BCUT2D eigenvalue weighted by Gasteiger charge is -2.08. The van der Waals surface area contributed by atoms with E-state index in [1.54, 1.807) is 0 Å². The summed E-state index contributed by atoms with van der Waals surface area (Å²) in [5.41, 5.74) is 3.88. The fraction of sp³-hybridized carbons (Fsp3) is 0.200. The van der Waals surface area contributed by atoms with Crippen molar-refractivity contribution >= 4 is 21.6 Å². The van der Waals surface area contributed by atoms with Gasteiger partial charge in [-0.3, -0.25) is 0 Å². The molecule has 92 valence electrons. The number of benzene rings is 2. The van der Waals surface area contributed by atoms with Crippen molar-refractivity contribution in [3.63, 3.8) is 0 Å². The van der Waals surface area contributed by atoms with Gasteiger partial charge < -0.3 is 10.1 Å². The SMILES string of the molecule is Brc1ccc(OCc2ccc3c(c2)CCN3)cc1. The average molecular weight is 304 g/mol. The summed E-state index contributed by atoms with van der Waals surface area (Å²) < 4.78 is 6.83. The molecule has 0 aliphatic carbocycles. The predicted octanol–water partition coefficient (Wildman–Crippen LogP) is 4.00. The molecule has 0 fully saturated rings. The Labute approximate surface area is 115 Å². The molecule has 0 aromatic heterocycles. The van der Waals surface area contributed by atoms with E-state index >= 15 is 0 Å². The molecule has 0 unspecified atom stereocenters. The van der Waals surface area contributed by atoms with Gasteiger partial charge in [-0.25, -0.2) is 0 Å². The van der Waals surface area contributed by atoms with Gasteiger partial charge in [0.25, 0.3) is 0 Å². The van der Waals surface area contributed by atoms with Crippen molar-refractivity contribution in [3.8, 4) is 5.75 Å². The highest BCUT2D eigenvalue weighted by Gasteiger charge is 2.09. The largest absolute Gasteiger partial charge is 0.489 e. The molecule has 0 atom stereocenters. The number of fused-ring (bicyclic) bond motifs is 1. The Morgan fingerprint density at radius 3 is 2.78 bits per heavy atom. The van der Waals surface area contributed by atoms with Crippen LogP contribution in [-0.4, -0.2) is 6.54 Å². The quantitative estimate of drug-likeness (QED) is 0.925. The number of hydrogen-bond donors (Lipinski definition) is 1. The minimum absolute atomic E-state index is 0.620. The molecule has 3 rings (SSSR count). The Morgan fingerprint density at radius 2 is 1.94 bits per heavy atom. The van der Waals surface area contributed by atoms with E-state index in [4.69, 9.17) is 4.74 Å². The molecule has 3 heteroatoms. The zero-order valence-corrected chi connectivity index (χ0v) is 11.5. The van der Waals surface area contributed by atoms with Crippen molar-refractivity contribution in [1.82, 2.24) is 0 Å². The lowest BCUT2D eigenvalue weighted by molar-refractivity contribution is 0.306. The lowest BCUT2D eigenvalue weighted by Crippen LogP contribution is -1.96.